The topological polar surface area (TPSA) is 40.2 Å². The smallest absolute Gasteiger partial charge is 0.261 e. The second-order valence-corrected chi connectivity index (χ2v) is 15.2. The lowest BCUT2D eigenvalue weighted by Crippen LogP contribution is -2.56. The van der Waals surface area contributed by atoms with Crippen LogP contribution in [0.15, 0.2) is 0 Å². The first-order valence-corrected chi connectivity index (χ1v) is 17.8. The zero-order valence-electron chi connectivity index (χ0n) is 29.6. The molecule has 3 heterocycles. The summed E-state index contributed by atoms with van der Waals surface area (Å²) in [6, 6.07) is 0. The summed E-state index contributed by atoms with van der Waals surface area (Å²) in [5, 5.41) is 0. The van der Waals surface area contributed by atoms with E-state index >= 15 is 70.2 Å². The van der Waals surface area contributed by atoms with Crippen LogP contribution in [0.25, 0.3) is 0 Å². The fourth-order valence-electron chi connectivity index (χ4n) is 7.43. The van der Waals surface area contributed by atoms with Crippen LogP contribution in [-0.4, -0.2) is 35.8 Å². The molecule has 0 amide bonds. The zero-order chi connectivity index (χ0) is 45.3. The van der Waals surface area contributed by atoms with Crippen LogP contribution in [0.1, 0.15) is 48.9 Å². The number of hydrogen-bond donors (Lipinski definition) is 0. The lowest BCUT2D eigenvalue weighted by Gasteiger charge is -2.42. The Morgan fingerprint density at radius 1 is 0.361 bits per heavy atom. The molecule has 330 valence electrons. The summed E-state index contributed by atoms with van der Waals surface area (Å²) in [6.45, 7) is -0.311. The Labute approximate surface area is 327 Å². The van der Waals surface area contributed by atoms with E-state index in [1.165, 1.54) is 0 Å². The molecule has 5 nitrogen and oxygen atoms in total. The van der Waals surface area contributed by atoms with E-state index < -0.39 is 189 Å². The number of ether oxygens (including phenoxy) is 2. The van der Waals surface area contributed by atoms with E-state index in [1.807, 2.05) is 0 Å². The van der Waals surface area contributed by atoms with Crippen molar-refractivity contribution in [3.63, 3.8) is 0 Å². The maximum Gasteiger partial charge on any atom is 0.261 e. The Bertz CT molecular complexity index is 2130. The van der Waals surface area contributed by atoms with E-state index in [2.05, 4.69) is 0 Å². The molecule has 3 saturated heterocycles. The highest BCUT2D eigenvalue weighted by Gasteiger charge is 2.73. The summed E-state index contributed by atoms with van der Waals surface area (Å²) in [5.74, 6) is -66.6. The van der Waals surface area contributed by atoms with Crippen LogP contribution < -0.4 is 0 Å². The van der Waals surface area contributed by atoms with Crippen molar-refractivity contribution >= 4 is 8.53 Å². The van der Waals surface area contributed by atoms with Gasteiger partial charge in [0.1, 0.15) is 12.2 Å². The van der Waals surface area contributed by atoms with Crippen molar-refractivity contribution in [3.05, 3.63) is 139 Å². The molecular formula is C35H16F20NO4P. The van der Waals surface area contributed by atoms with Gasteiger partial charge in [-0.2, -0.15) is 0 Å². The Morgan fingerprint density at radius 3 is 0.770 bits per heavy atom. The average molecular weight is 925 g/mol. The molecule has 0 spiro atoms. The Hall–Kier alpha value is -4.29. The van der Waals surface area contributed by atoms with Gasteiger partial charge < -0.3 is 18.5 Å². The van der Waals surface area contributed by atoms with E-state index in [1.54, 1.807) is 0 Å². The van der Waals surface area contributed by atoms with Gasteiger partial charge >= 0.3 is 0 Å². The molecule has 3 aliphatic heterocycles. The third kappa shape index (κ3) is 6.07. The van der Waals surface area contributed by atoms with E-state index in [0.29, 0.717) is 18.5 Å². The SMILES string of the molecule is CC1(C)O[C@H]2[C@H](O1)C(c1c(F)c(F)c(F)c(F)c1F)(c1c(F)c(F)c(F)c(F)c1F)OP(N1CCCC1)OC2(c1c(F)c(F)c(F)c(F)c1F)c1c(F)c(F)c(F)c(F)c1F. The molecule has 4 aromatic rings. The van der Waals surface area contributed by atoms with Crippen LogP contribution in [0.3, 0.4) is 0 Å². The van der Waals surface area contributed by atoms with Gasteiger partial charge in [-0.25, -0.2) is 92.5 Å². The van der Waals surface area contributed by atoms with Gasteiger partial charge in [0, 0.05) is 13.1 Å². The van der Waals surface area contributed by atoms with Crippen LogP contribution in [-0.2, 0) is 29.7 Å². The molecule has 0 N–H and O–H groups in total. The molecule has 3 aliphatic rings. The maximum atomic E-state index is 16.4. The number of nitrogens with zero attached hydrogens (tertiary/aromatic N) is 1. The van der Waals surface area contributed by atoms with Gasteiger partial charge in [-0.05, 0) is 26.7 Å². The minimum absolute atomic E-state index is 0.172. The van der Waals surface area contributed by atoms with Crippen molar-refractivity contribution < 1.29 is 106 Å². The van der Waals surface area contributed by atoms with Gasteiger partial charge in [0.2, 0.25) is 23.3 Å². The molecule has 0 saturated carbocycles. The Balaban J connectivity index is 1.83. The second-order valence-electron chi connectivity index (χ2n) is 13.8. The van der Waals surface area contributed by atoms with E-state index in [-0.39, 0.29) is 12.8 Å². The average Bonchev–Trinajstić information content (AvgIpc) is 3.86. The molecule has 61 heavy (non-hydrogen) atoms. The largest absolute Gasteiger partial charge is 0.341 e. The molecular weight excluding hydrogens is 909 g/mol. The van der Waals surface area contributed by atoms with Gasteiger partial charge in [-0.15, -0.1) is 0 Å². The first kappa shape index (κ1) is 44.8. The summed E-state index contributed by atoms with van der Waals surface area (Å²) in [7, 11) is -4.45. The molecule has 0 aromatic heterocycles. The summed E-state index contributed by atoms with van der Waals surface area (Å²) < 4.78 is 334. The molecule has 4 aromatic carbocycles. The summed E-state index contributed by atoms with van der Waals surface area (Å²) >= 11 is 0. The fourth-order valence-corrected chi connectivity index (χ4v) is 9.37. The van der Waals surface area contributed by atoms with E-state index in [4.69, 9.17) is 18.5 Å². The Morgan fingerprint density at radius 2 is 0.557 bits per heavy atom. The van der Waals surface area contributed by atoms with Crippen LogP contribution in [0.2, 0.25) is 0 Å². The molecule has 26 heteroatoms. The fraction of sp³-hybridized carbons (Fsp3) is 0.314. The highest BCUT2D eigenvalue weighted by atomic mass is 31.2. The van der Waals surface area contributed by atoms with Crippen LogP contribution in [0.4, 0.5) is 87.8 Å². The molecule has 7 rings (SSSR count). The zero-order valence-corrected chi connectivity index (χ0v) is 30.5. The molecule has 0 unspecified atom stereocenters. The van der Waals surface area contributed by atoms with Crippen molar-refractivity contribution in [1.82, 2.24) is 4.67 Å². The number of halogens is 20. The van der Waals surface area contributed by atoms with Crippen LogP contribution in [0.5, 0.6) is 0 Å². The first-order valence-electron chi connectivity index (χ1n) is 16.7. The maximum absolute atomic E-state index is 16.4. The van der Waals surface area contributed by atoms with Gasteiger partial charge in [0.25, 0.3) is 8.53 Å². The lowest BCUT2D eigenvalue weighted by atomic mass is 9.70. The number of fused-ring (bicyclic) bond motifs is 1. The van der Waals surface area contributed by atoms with Crippen molar-refractivity contribution in [2.45, 2.75) is 55.9 Å². The molecule has 3 fully saturated rings. The van der Waals surface area contributed by atoms with Crippen molar-refractivity contribution in [3.8, 4) is 0 Å². The third-order valence-corrected chi connectivity index (χ3v) is 11.7. The summed E-state index contributed by atoms with van der Waals surface area (Å²) in [5.41, 5.74) is -21.3. The van der Waals surface area contributed by atoms with Crippen LogP contribution >= 0.6 is 8.53 Å². The van der Waals surface area contributed by atoms with E-state index in [9.17, 15) is 17.6 Å². The number of rotatable bonds is 5. The molecule has 2 atom stereocenters. The van der Waals surface area contributed by atoms with Crippen LogP contribution in [0, 0.1) is 116 Å². The predicted octanol–water partition coefficient (Wildman–Crippen LogP) is 10.5. The number of benzene rings is 4. The van der Waals surface area contributed by atoms with Gasteiger partial charge in [0.05, 0.1) is 22.3 Å². The summed E-state index contributed by atoms with van der Waals surface area (Å²) in [6.07, 6.45) is -8.03. The first-order chi connectivity index (χ1) is 28.3. The number of hydrogen-bond acceptors (Lipinski definition) is 5. The predicted molar refractivity (Wildman–Crippen MR) is 160 cm³/mol. The molecule has 0 radical (unpaired) electrons. The second kappa shape index (κ2) is 14.9. The van der Waals surface area contributed by atoms with Gasteiger partial charge in [-0.1, -0.05) is 0 Å². The minimum Gasteiger partial charge on any atom is -0.341 e. The Kier molecular flexibility index (Phi) is 10.9. The van der Waals surface area contributed by atoms with Crippen molar-refractivity contribution in [1.29, 1.82) is 0 Å². The summed E-state index contributed by atoms with van der Waals surface area (Å²) in [4.78, 5) is 0. The van der Waals surface area contributed by atoms with Crippen molar-refractivity contribution in [2.24, 2.45) is 0 Å². The van der Waals surface area contributed by atoms with Crippen molar-refractivity contribution in [2.75, 3.05) is 13.1 Å². The quantitative estimate of drug-likeness (QED) is 0.0863. The highest BCUT2D eigenvalue weighted by Crippen LogP contribution is 2.68. The minimum atomic E-state index is -4.93. The highest BCUT2D eigenvalue weighted by molar-refractivity contribution is 7.44. The van der Waals surface area contributed by atoms with E-state index in [0.717, 1.165) is 0 Å². The monoisotopic (exact) mass is 925 g/mol. The molecule has 0 bridgehead atoms. The third-order valence-electron chi connectivity index (χ3n) is 9.98. The molecule has 0 aliphatic carbocycles. The lowest BCUT2D eigenvalue weighted by molar-refractivity contribution is -0.177. The van der Waals surface area contributed by atoms with Gasteiger partial charge in [-0.3, -0.25) is 0 Å². The normalized spacial score (nSPS) is 21.3. The van der Waals surface area contributed by atoms with Gasteiger partial charge in [0.15, 0.2) is 110 Å². The standard InChI is InChI=1S/C35H16F20NO4P/c1-33(2)57-31-32(58-33)35(9-15(40)23(48)29(54)24(49)16(9)41,10-17(42)25(50)30(55)26(51)18(10)43)60-61(56-5-3-4-6-56)59-34(31,7-11(36)19(44)27(52)20(45)12(7)37)8-13(38)21(46)28(53)22(47)14(8)39/h31-32H,3-6H2,1-2H3/t31-,32-/m0/s1.